The van der Waals surface area contributed by atoms with E-state index in [-0.39, 0.29) is 5.56 Å². The van der Waals surface area contributed by atoms with Crippen LogP contribution in [0.25, 0.3) is 0 Å². The van der Waals surface area contributed by atoms with Gasteiger partial charge in [-0.25, -0.2) is 4.79 Å². The summed E-state index contributed by atoms with van der Waals surface area (Å²) in [6.45, 7) is 0. The second kappa shape index (κ2) is 6.10. The molecule has 0 aliphatic carbocycles. The molecule has 1 amide bonds. The number of rotatable bonds is 5. The van der Waals surface area contributed by atoms with Gasteiger partial charge in [0.1, 0.15) is 6.04 Å². The van der Waals surface area contributed by atoms with Crippen molar-refractivity contribution in [3.8, 4) is 0 Å². The minimum absolute atomic E-state index is 0.140. The van der Waals surface area contributed by atoms with E-state index in [0.717, 1.165) is 0 Å². The van der Waals surface area contributed by atoms with Crippen LogP contribution in [0.5, 0.6) is 0 Å². The van der Waals surface area contributed by atoms with Crippen LogP contribution in [0.3, 0.4) is 0 Å². The molecule has 0 aliphatic heterocycles. The molecule has 0 aliphatic rings. The number of amides is 1. The molecule has 1 atom stereocenters. The van der Waals surface area contributed by atoms with Crippen LogP contribution in [0.4, 0.5) is 0 Å². The highest BCUT2D eigenvalue weighted by Crippen LogP contribution is 2.09. The fraction of sp³-hybridized carbons (Fsp3) is 0.200. The van der Waals surface area contributed by atoms with Crippen LogP contribution >= 0.6 is 15.9 Å². The van der Waals surface area contributed by atoms with E-state index in [1.54, 1.807) is 0 Å². The van der Waals surface area contributed by atoms with Crippen LogP contribution in [-0.2, 0) is 9.59 Å². The molecule has 1 rings (SSSR count). The number of carboxylic acid groups (broad SMARTS) is 2. The summed E-state index contributed by atoms with van der Waals surface area (Å²) in [5.74, 6) is -3.42. The zero-order valence-corrected chi connectivity index (χ0v) is 10.5. The highest BCUT2D eigenvalue weighted by molar-refractivity contribution is 9.10. The third kappa shape index (κ3) is 4.13. The summed E-state index contributed by atoms with van der Waals surface area (Å²) in [4.78, 5) is 36.6. The van der Waals surface area contributed by atoms with Crippen molar-refractivity contribution in [1.29, 1.82) is 0 Å². The molecule has 1 heterocycles. The molecule has 0 aromatic carbocycles. The lowest BCUT2D eigenvalue weighted by atomic mass is 10.2. The molecule has 0 bridgehead atoms. The molecule has 0 radical (unpaired) electrons. The molecule has 3 N–H and O–H groups in total. The van der Waals surface area contributed by atoms with Crippen molar-refractivity contribution in [2.24, 2.45) is 0 Å². The Kier molecular flexibility index (Phi) is 4.78. The molecule has 0 spiro atoms. The number of carbonyl (C=O) groups excluding carboxylic acids is 1. The number of hydrogen-bond donors (Lipinski definition) is 3. The molecule has 1 aromatic rings. The largest absolute Gasteiger partial charge is 0.481 e. The van der Waals surface area contributed by atoms with E-state index in [1.807, 2.05) is 0 Å². The first kappa shape index (κ1) is 14.1. The first-order chi connectivity index (χ1) is 8.40. The number of halogens is 1. The Labute approximate surface area is 110 Å². The molecular weight excluding hydrogens is 308 g/mol. The summed E-state index contributed by atoms with van der Waals surface area (Å²) < 4.78 is 0.556. The van der Waals surface area contributed by atoms with Gasteiger partial charge in [0.2, 0.25) is 0 Å². The molecule has 0 fully saturated rings. The van der Waals surface area contributed by atoms with Gasteiger partial charge in [-0.15, -0.1) is 0 Å². The SMILES string of the molecule is O=C(O)C[C@@H](NC(=O)c1cncc(Br)c1)C(=O)O. The third-order valence-electron chi connectivity index (χ3n) is 1.95. The van der Waals surface area contributed by atoms with Gasteiger partial charge in [-0.1, -0.05) is 0 Å². The second-order valence-corrected chi connectivity index (χ2v) is 4.27. The average molecular weight is 317 g/mol. The van der Waals surface area contributed by atoms with Gasteiger partial charge in [-0.3, -0.25) is 14.6 Å². The van der Waals surface area contributed by atoms with E-state index in [4.69, 9.17) is 10.2 Å². The van der Waals surface area contributed by atoms with Gasteiger partial charge >= 0.3 is 11.9 Å². The van der Waals surface area contributed by atoms with Crippen LogP contribution in [0, 0.1) is 0 Å². The fourth-order valence-electron chi connectivity index (χ4n) is 1.15. The summed E-state index contributed by atoms with van der Waals surface area (Å²) in [6.07, 6.45) is 2.02. The van der Waals surface area contributed by atoms with Crippen LogP contribution in [-0.4, -0.2) is 39.1 Å². The normalized spacial score (nSPS) is 11.6. The number of aliphatic carboxylic acids is 2. The molecule has 7 nitrogen and oxygen atoms in total. The van der Waals surface area contributed by atoms with Gasteiger partial charge in [0.25, 0.3) is 5.91 Å². The Hall–Kier alpha value is -1.96. The minimum Gasteiger partial charge on any atom is -0.481 e. The van der Waals surface area contributed by atoms with Crippen LogP contribution in [0.2, 0.25) is 0 Å². The fourth-order valence-corrected chi connectivity index (χ4v) is 1.52. The van der Waals surface area contributed by atoms with Crippen molar-refractivity contribution in [3.63, 3.8) is 0 Å². The average Bonchev–Trinajstić information content (AvgIpc) is 2.27. The predicted molar refractivity (Wildman–Crippen MR) is 63.1 cm³/mol. The number of pyridine rings is 1. The summed E-state index contributed by atoms with van der Waals surface area (Å²) in [5.41, 5.74) is 0.140. The zero-order valence-electron chi connectivity index (χ0n) is 8.96. The summed E-state index contributed by atoms with van der Waals surface area (Å²) >= 11 is 3.11. The van der Waals surface area contributed by atoms with E-state index < -0.39 is 30.3 Å². The van der Waals surface area contributed by atoms with Gasteiger partial charge < -0.3 is 15.5 Å². The van der Waals surface area contributed by atoms with Crippen LogP contribution in [0.1, 0.15) is 16.8 Å². The van der Waals surface area contributed by atoms with E-state index in [9.17, 15) is 14.4 Å². The van der Waals surface area contributed by atoms with Crippen molar-refractivity contribution in [1.82, 2.24) is 10.3 Å². The number of carboxylic acids is 2. The van der Waals surface area contributed by atoms with Crippen LogP contribution in [0.15, 0.2) is 22.9 Å². The lowest BCUT2D eigenvalue weighted by molar-refractivity contribution is -0.145. The maximum atomic E-state index is 11.7. The quantitative estimate of drug-likeness (QED) is 0.728. The maximum absolute atomic E-state index is 11.7. The van der Waals surface area contributed by atoms with Crippen molar-refractivity contribution in [2.75, 3.05) is 0 Å². The van der Waals surface area contributed by atoms with Crippen molar-refractivity contribution >= 4 is 33.8 Å². The summed E-state index contributed by atoms with van der Waals surface area (Å²) in [5, 5.41) is 19.4. The number of aromatic nitrogens is 1. The second-order valence-electron chi connectivity index (χ2n) is 3.35. The number of hydrogen-bond acceptors (Lipinski definition) is 4. The molecular formula is C10H9BrN2O5. The lowest BCUT2D eigenvalue weighted by Gasteiger charge is -2.12. The standard InChI is InChI=1S/C10H9BrN2O5/c11-6-1-5(3-12-4-6)9(16)13-7(10(17)18)2-8(14)15/h1,3-4,7H,2H2,(H,13,16)(H,14,15)(H,17,18)/t7-/m1/s1. The summed E-state index contributed by atoms with van der Waals surface area (Å²) in [6, 6.07) is -0.0314. The molecule has 96 valence electrons. The van der Waals surface area contributed by atoms with Gasteiger partial charge in [0.15, 0.2) is 0 Å². The van der Waals surface area contributed by atoms with Crippen molar-refractivity contribution in [2.45, 2.75) is 12.5 Å². The van der Waals surface area contributed by atoms with Crippen molar-refractivity contribution in [3.05, 3.63) is 28.5 Å². The van der Waals surface area contributed by atoms with E-state index in [0.29, 0.717) is 4.47 Å². The lowest BCUT2D eigenvalue weighted by Crippen LogP contribution is -2.42. The summed E-state index contributed by atoms with van der Waals surface area (Å²) in [7, 11) is 0. The molecule has 0 unspecified atom stereocenters. The Morgan fingerprint density at radius 1 is 1.33 bits per heavy atom. The molecule has 0 saturated heterocycles. The van der Waals surface area contributed by atoms with Crippen molar-refractivity contribution < 1.29 is 24.6 Å². The Morgan fingerprint density at radius 3 is 2.50 bits per heavy atom. The highest BCUT2D eigenvalue weighted by atomic mass is 79.9. The van der Waals surface area contributed by atoms with Gasteiger partial charge in [0, 0.05) is 16.9 Å². The zero-order chi connectivity index (χ0) is 13.7. The van der Waals surface area contributed by atoms with Gasteiger partial charge in [-0.05, 0) is 22.0 Å². The minimum atomic E-state index is -1.48. The monoisotopic (exact) mass is 316 g/mol. The first-order valence-electron chi connectivity index (χ1n) is 4.76. The van der Waals surface area contributed by atoms with E-state index in [2.05, 4.69) is 26.2 Å². The molecule has 18 heavy (non-hydrogen) atoms. The van der Waals surface area contributed by atoms with Gasteiger partial charge in [0.05, 0.1) is 12.0 Å². The molecule has 8 heteroatoms. The van der Waals surface area contributed by atoms with Gasteiger partial charge in [-0.2, -0.15) is 0 Å². The predicted octanol–water partition coefficient (Wildman–Crippen LogP) is 0.502. The van der Waals surface area contributed by atoms with E-state index in [1.165, 1.54) is 18.5 Å². The first-order valence-corrected chi connectivity index (χ1v) is 5.55. The Bertz CT molecular complexity index is 491. The molecule has 0 saturated carbocycles. The number of carbonyl (C=O) groups is 3. The third-order valence-corrected chi connectivity index (χ3v) is 2.38. The smallest absolute Gasteiger partial charge is 0.326 e. The highest BCUT2D eigenvalue weighted by Gasteiger charge is 2.23. The number of nitrogens with one attached hydrogen (secondary N) is 1. The topological polar surface area (TPSA) is 117 Å². The maximum Gasteiger partial charge on any atom is 0.326 e. The van der Waals surface area contributed by atoms with E-state index >= 15 is 0 Å². The molecule has 1 aromatic heterocycles. The Morgan fingerprint density at radius 2 is 2.00 bits per heavy atom. The van der Waals surface area contributed by atoms with Crippen LogP contribution < -0.4 is 5.32 Å². The Balaban J connectivity index is 2.78. The number of nitrogens with zero attached hydrogens (tertiary/aromatic N) is 1.